The second-order valence-corrected chi connectivity index (χ2v) is 11.3. The first-order valence-corrected chi connectivity index (χ1v) is 14.9. The quantitative estimate of drug-likeness (QED) is 0.142. The molecule has 2 aliphatic rings. The number of esters is 2. The number of allylic oxidation sites excluding steroid dienone is 2. The fourth-order valence-corrected chi connectivity index (χ4v) is 6.81. The van der Waals surface area contributed by atoms with E-state index in [0.29, 0.717) is 22.0 Å². The second-order valence-electron chi connectivity index (χ2n) is 9.90. The maximum absolute atomic E-state index is 14.7. The van der Waals surface area contributed by atoms with Crippen LogP contribution < -0.4 is 10.6 Å². The van der Waals surface area contributed by atoms with E-state index in [1.54, 1.807) is 43.0 Å². The van der Waals surface area contributed by atoms with E-state index >= 15 is 0 Å². The zero-order chi connectivity index (χ0) is 30.8. The normalized spacial score (nSPS) is 20.1. The number of hydrogen-bond donors (Lipinski definition) is 1. The van der Waals surface area contributed by atoms with Gasteiger partial charge in [-0.05, 0) is 61.5 Å². The highest BCUT2D eigenvalue weighted by Crippen LogP contribution is 2.52. The predicted molar refractivity (Wildman–Crippen MR) is 161 cm³/mol. The monoisotopic (exact) mass is 621 g/mol. The van der Waals surface area contributed by atoms with Gasteiger partial charge in [0.1, 0.15) is 11.7 Å². The van der Waals surface area contributed by atoms with Gasteiger partial charge in [0, 0.05) is 44.9 Å². The Morgan fingerprint density at radius 1 is 1.09 bits per heavy atom. The molecule has 0 bridgehead atoms. The molecule has 0 saturated carbocycles. The summed E-state index contributed by atoms with van der Waals surface area (Å²) in [5.74, 6) is -4.68. The molecule has 1 aliphatic heterocycles. The van der Waals surface area contributed by atoms with Gasteiger partial charge in [-0.3, -0.25) is 24.6 Å². The first-order valence-electron chi connectivity index (χ1n) is 13.6. The highest BCUT2D eigenvalue weighted by atomic mass is 35.5. The summed E-state index contributed by atoms with van der Waals surface area (Å²) in [6, 6.07) is 16.1. The standard InChI is InChI=1S/C31H28ClN3O7S/c1-3-41-30(37)25-21(23-9-6-14-43-23)16-22-26(28(25)36)24(17-7-5-8-18(32)15-17)27(31(38)42-4-2)29(33)34(22)19-10-12-20(13-11-19)35(39)40/h5-15,21,24-25H,3-4,16,33H2,1-2H3/t21-,24-,25-/m1/s1. The molecule has 10 nitrogen and oxygen atoms in total. The number of rotatable bonds is 8. The Hall–Kier alpha value is -4.48. The van der Waals surface area contributed by atoms with E-state index in [1.165, 1.54) is 35.6 Å². The van der Waals surface area contributed by atoms with Gasteiger partial charge >= 0.3 is 11.9 Å². The Balaban J connectivity index is 1.81. The van der Waals surface area contributed by atoms with Crippen molar-refractivity contribution in [2.45, 2.75) is 32.1 Å². The lowest BCUT2D eigenvalue weighted by Gasteiger charge is -2.43. The van der Waals surface area contributed by atoms with Crippen molar-refractivity contribution in [2.75, 3.05) is 18.1 Å². The van der Waals surface area contributed by atoms with Crippen molar-refractivity contribution in [3.05, 3.63) is 114 Å². The van der Waals surface area contributed by atoms with Gasteiger partial charge in [-0.1, -0.05) is 29.8 Å². The third-order valence-corrected chi connectivity index (χ3v) is 8.72. The molecule has 2 aromatic carbocycles. The molecular formula is C31H28ClN3O7S. The molecular weight excluding hydrogens is 594 g/mol. The van der Waals surface area contributed by atoms with E-state index in [0.717, 1.165) is 4.88 Å². The van der Waals surface area contributed by atoms with Crippen LogP contribution in [0.25, 0.3) is 0 Å². The van der Waals surface area contributed by atoms with Crippen LogP contribution in [0.5, 0.6) is 0 Å². The summed E-state index contributed by atoms with van der Waals surface area (Å²) in [5.41, 5.74) is 8.23. The molecule has 0 fully saturated rings. The lowest BCUT2D eigenvalue weighted by Crippen LogP contribution is -2.46. The molecule has 5 rings (SSSR count). The Labute approximate surface area is 256 Å². The Morgan fingerprint density at radius 2 is 1.81 bits per heavy atom. The molecule has 3 atom stereocenters. The Bertz CT molecular complexity index is 1650. The van der Waals surface area contributed by atoms with Gasteiger partial charge in [0.05, 0.1) is 29.6 Å². The first-order chi connectivity index (χ1) is 20.7. The second kappa shape index (κ2) is 12.4. The van der Waals surface area contributed by atoms with Crippen LogP contribution in [0.15, 0.2) is 88.7 Å². The maximum atomic E-state index is 14.7. The van der Waals surface area contributed by atoms with Crippen molar-refractivity contribution in [1.29, 1.82) is 0 Å². The van der Waals surface area contributed by atoms with Crippen LogP contribution >= 0.6 is 22.9 Å². The smallest absolute Gasteiger partial charge is 0.338 e. The average molecular weight is 622 g/mol. The SMILES string of the molecule is CCOC(=O)C1=C(N)N(c2ccc([N+](=O)[O-])cc2)C2=C(C(=O)[C@H](C(=O)OCC)[C@@H](c3cccs3)C2)[C@H]1c1cccc(Cl)c1. The number of non-ortho nitro benzene ring substituents is 1. The number of thiophene rings is 1. The summed E-state index contributed by atoms with van der Waals surface area (Å²) in [4.78, 5) is 55.0. The van der Waals surface area contributed by atoms with Gasteiger partial charge in [-0.2, -0.15) is 0 Å². The van der Waals surface area contributed by atoms with Crippen molar-refractivity contribution < 1.29 is 28.8 Å². The van der Waals surface area contributed by atoms with Crippen LogP contribution in [-0.2, 0) is 23.9 Å². The van der Waals surface area contributed by atoms with Crippen molar-refractivity contribution in [1.82, 2.24) is 0 Å². The van der Waals surface area contributed by atoms with E-state index in [2.05, 4.69) is 0 Å². The van der Waals surface area contributed by atoms with Crippen molar-refractivity contribution in [3.8, 4) is 0 Å². The van der Waals surface area contributed by atoms with E-state index in [1.807, 2.05) is 17.5 Å². The summed E-state index contributed by atoms with van der Waals surface area (Å²) in [6.45, 7) is 3.45. The number of carbonyl (C=O) groups is 3. The van der Waals surface area contributed by atoms with Crippen LogP contribution in [0.4, 0.5) is 11.4 Å². The van der Waals surface area contributed by atoms with Crippen LogP contribution in [0.2, 0.25) is 5.02 Å². The zero-order valence-corrected chi connectivity index (χ0v) is 24.9. The highest BCUT2D eigenvalue weighted by Gasteiger charge is 2.51. The number of hydrogen-bond acceptors (Lipinski definition) is 10. The maximum Gasteiger partial charge on any atom is 0.338 e. The molecule has 12 heteroatoms. The van der Waals surface area contributed by atoms with E-state index < -0.39 is 40.4 Å². The van der Waals surface area contributed by atoms with Crippen LogP contribution in [-0.4, -0.2) is 35.9 Å². The number of carbonyl (C=O) groups excluding carboxylic acids is 3. The largest absolute Gasteiger partial charge is 0.465 e. The lowest BCUT2D eigenvalue weighted by molar-refractivity contribution is -0.384. The summed E-state index contributed by atoms with van der Waals surface area (Å²) in [7, 11) is 0. The lowest BCUT2D eigenvalue weighted by atomic mass is 9.68. The molecule has 0 saturated heterocycles. The average Bonchev–Trinajstić information content (AvgIpc) is 3.52. The number of halogens is 1. The number of ketones is 1. The van der Waals surface area contributed by atoms with Crippen molar-refractivity contribution in [2.24, 2.45) is 11.7 Å². The number of nitrogens with two attached hydrogens (primary N) is 1. The van der Waals surface area contributed by atoms with Crippen LogP contribution in [0, 0.1) is 16.0 Å². The molecule has 1 aromatic heterocycles. The molecule has 1 aliphatic carbocycles. The third kappa shape index (κ3) is 5.53. The third-order valence-electron chi connectivity index (χ3n) is 7.48. The Kier molecular flexibility index (Phi) is 8.65. The summed E-state index contributed by atoms with van der Waals surface area (Å²) in [6.07, 6.45) is 0.190. The fourth-order valence-electron chi connectivity index (χ4n) is 5.75. The summed E-state index contributed by atoms with van der Waals surface area (Å²) in [5, 5.41) is 13.6. The number of benzene rings is 2. The van der Waals surface area contributed by atoms with Gasteiger partial charge in [0.25, 0.3) is 5.69 Å². The summed E-state index contributed by atoms with van der Waals surface area (Å²) < 4.78 is 10.8. The molecule has 0 spiro atoms. The number of nitrogens with zero attached hydrogens (tertiary/aromatic N) is 2. The molecule has 0 radical (unpaired) electrons. The van der Waals surface area contributed by atoms with E-state index in [4.69, 9.17) is 26.8 Å². The van der Waals surface area contributed by atoms with Gasteiger partial charge in [0.2, 0.25) is 0 Å². The van der Waals surface area contributed by atoms with Crippen LogP contribution in [0.1, 0.15) is 42.5 Å². The molecule has 2 heterocycles. The van der Waals surface area contributed by atoms with Gasteiger partial charge in [0.15, 0.2) is 5.78 Å². The molecule has 3 aromatic rings. The topological polar surface area (TPSA) is 142 Å². The minimum absolute atomic E-state index is 0.00310. The minimum atomic E-state index is -1.18. The molecule has 222 valence electrons. The fraction of sp³-hybridized carbons (Fsp3) is 0.258. The van der Waals surface area contributed by atoms with E-state index in [9.17, 15) is 24.5 Å². The Morgan fingerprint density at radius 3 is 2.42 bits per heavy atom. The zero-order valence-electron chi connectivity index (χ0n) is 23.3. The van der Waals surface area contributed by atoms with Gasteiger partial charge in [-0.25, -0.2) is 4.79 Å². The summed E-state index contributed by atoms with van der Waals surface area (Å²) >= 11 is 7.79. The molecule has 43 heavy (non-hydrogen) atoms. The molecule has 0 amide bonds. The van der Waals surface area contributed by atoms with E-state index in [-0.39, 0.29) is 42.3 Å². The van der Waals surface area contributed by atoms with Crippen molar-refractivity contribution in [3.63, 3.8) is 0 Å². The molecule has 0 unspecified atom stereocenters. The number of anilines is 1. The number of nitro groups is 1. The molecule has 2 N–H and O–H groups in total. The van der Waals surface area contributed by atoms with Gasteiger partial charge in [-0.15, -0.1) is 11.3 Å². The highest BCUT2D eigenvalue weighted by molar-refractivity contribution is 7.10. The number of Topliss-reactive ketones (excluding diaryl/α,β-unsaturated/α-hetero) is 1. The first kappa shape index (κ1) is 30.0. The minimum Gasteiger partial charge on any atom is -0.465 e. The number of nitro benzene ring substituents is 1. The van der Waals surface area contributed by atoms with Crippen LogP contribution in [0.3, 0.4) is 0 Å². The van der Waals surface area contributed by atoms with Crippen molar-refractivity contribution >= 4 is 52.0 Å². The van der Waals surface area contributed by atoms with Gasteiger partial charge < -0.3 is 15.2 Å². The number of ether oxygens (including phenoxy) is 2. The predicted octanol–water partition coefficient (Wildman–Crippen LogP) is 5.84.